The second-order valence-electron chi connectivity index (χ2n) is 8.54. The van der Waals surface area contributed by atoms with E-state index in [1.54, 1.807) is 6.92 Å². The van der Waals surface area contributed by atoms with Gasteiger partial charge in [0.05, 0.1) is 25.2 Å². The second-order valence-corrected chi connectivity index (χ2v) is 22.8. The molecule has 0 spiro atoms. The maximum atomic E-state index is 13.0. The summed E-state index contributed by atoms with van der Waals surface area (Å²) in [5.41, 5.74) is -2.71. The molecule has 10 heteroatoms. The van der Waals surface area contributed by atoms with E-state index >= 15 is 0 Å². The number of carboxylic acid groups (broad SMARTS) is 2. The predicted molar refractivity (Wildman–Crippen MR) is 101 cm³/mol. The summed E-state index contributed by atoms with van der Waals surface area (Å²) in [6.45, 7) is 11.6. The van der Waals surface area contributed by atoms with Crippen LogP contribution in [0.5, 0.6) is 0 Å². The van der Waals surface area contributed by atoms with E-state index in [0.717, 1.165) is 0 Å². The molecule has 5 nitrogen and oxygen atoms in total. The Labute approximate surface area is 159 Å². The zero-order valence-electron chi connectivity index (χ0n) is 16.7. The molecule has 1 saturated heterocycles. The molecule has 0 radical (unpaired) electrons. The van der Waals surface area contributed by atoms with E-state index in [0.29, 0.717) is 12.5 Å². The topological polar surface area (TPSA) is 83.8 Å². The third-order valence-electron chi connectivity index (χ3n) is 5.87. The van der Waals surface area contributed by atoms with E-state index in [1.165, 1.54) is 0 Å². The molecular weight excluding hydrogens is 397 g/mol. The molecule has 156 valence electrons. The van der Waals surface area contributed by atoms with Gasteiger partial charge in [0.2, 0.25) is 0 Å². The van der Waals surface area contributed by atoms with Crippen LogP contribution in [0.3, 0.4) is 0 Å². The predicted octanol–water partition coefficient (Wildman–Crippen LogP) is 4.75. The van der Waals surface area contributed by atoms with Crippen LogP contribution in [-0.2, 0) is 14.0 Å². The fraction of sp³-hybridized carbons (Fsp3) is 0.765. The van der Waals surface area contributed by atoms with E-state index in [9.17, 15) is 33.0 Å². The van der Waals surface area contributed by atoms with Crippen molar-refractivity contribution >= 4 is 27.4 Å². The Morgan fingerprint density at radius 3 is 2.00 bits per heavy atom. The van der Waals surface area contributed by atoms with Crippen molar-refractivity contribution in [2.45, 2.75) is 83.0 Å². The number of rotatable bonds is 6. The SMILES string of the molecule is CCC(C(C(=O)O)=C(CC(F)(F)F)C(=O)O)[Si]1(C)CCC(C)(C)O[Si]1(C)C. The van der Waals surface area contributed by atoms with Crippen LogP contribution in [0.2, 0.25) is 31.2 Å². The lowest BCUT2D eigenvalue weighted by molar-refractivity contribution is -0.144. The van der Waals surface area contributed by atoms with E-state index < -0.39 is 56.6 Å². The number of halogens is 3. The van der Waals surface area contributed by atoms with Crippen LogP contribution in [0, 0.1) is 0 Å². The molecule has 0 aromatic heterocycles. The standard InChI is InChI=1S/C17H29F3O5Si2/c1-7-12(27(6)9-8-16(2,3)25-26(27,4)5)13(15(23)24)11(14(21)22)10-17(18,19)20/h12H,7-10H2,1-6H3,(H,21,22)(H,23,24). The zero-order valence-corrected chi connectivity index (χ0v) is 18.7. The Morgan fingerprint density at radius 1 is 1.15 bits per heavy atom. The quantitative estimate of drug-likeness (QED) is 0.473. The summed E-state index contributed by atoms with van der Waals surface area (Å²) in [4.78, 5) is 23.5. The van der Waals surface area contributed by atoms with Gasteiger partial charge in [-0.05, 0) is 38.9 Å². The van der Waals surface area contributed by atoms with Gasteiger partial charge in [0, 0.05) is 5.57 Å². The van der Waals surface area contributed by atoms with Crippen molar-refractivity contribution in [3.63, 3.8) is 0 Å². The number of carboxylic acids is 2. The summed E-state index contributed by atoms with van der Waals surface area (Å²) in [5, 5.41) is 19.1. The smallest absolute Gasteiger partial charge is 0.393 e. The van der Waals surface area contributed by atoms with Gasteiger partial charge in [-0.1, -0.05) is 25.9 Å². The van der Waals surface area contributed by atoms with Crippen molar-refractivity contribution < 1.29 is 37.4 Å². The van der Waals surface area contributed by atoms with Crippen LogP contribution in [-0.4, -0.2) is 49.4 Å². The van der Waals surface area contributed by atoms with Gasteiger partial charge in [-0.15, -0.1) is 0 Å². The highest BCUT2D eigenvalue weighted by molar-refractivity contribution is 7.39. The van der Waals surface area contributed by atoms with Crippen LogP contribution in [0.15, 0.2) is 11.1 Å². The fourth-order valence-electron chi connectivity index (χ4n) is 4.26. The number of carbonyl (C=O) groups is 2. The van der Waals surface area contributed by atoms with Gasteiger partial charge in [-0.2, -0.15) is 13.2 Å². The molecule has 1 aliphatic rings. The third-order valence-corrected chi connectivity index (χ3v) is 23.6. The summed E-state index contributed by atoms with van der Waals surface area (Å²) in [6.07, 6.45) is -5.59. The first-order valence-electron chi connectivity index (χ1n) is 8.94. The van der Waals surface area contributed by atoms with Crippen LogP contribution in [0.25, 0.3) is 0 Å². The summed E-state index contributed by atoms with van der Waals surface area (Å²) in [6, 6.07) is 0.702. The molecule has 2 unspecified atom stereocenters. The average molecular weight is 427 g/mol. The molecule has 1 rings (SSSR count). The van der Waals surface area contributed by atoms with E-state index in [-0.39, 0.29) is 12.0 Å². The van der Waals surface area contributed by atoms with E-state index in [2.05, 4.69) is 0 Å². The van der Waals surface area contributed by atoms with Crippen LogP contribution >= 0.6 is 0 Å². The minimum Gasteiger partial charge on any atom is -0.478 e. The largest absolute Gasteiger partial charge is 0.478 e. The first kappa shape index (κ1) is 23.9. The molecule has 0 bridgehead atoms. The lowest BCUT2D eigenvalue weighted by Gasteiger charge is -2.54. The average Bonchev–Trinajstić information content (AvgIpc) is 2.44. The summed E-state index contributed by atoms with van der Waals surface area (Å²) in [5.74, 6) is -3.40. The van der Waals surface area contributed by atoms with Crippen LogP contribution < -0.4 is 0 Å². The Bertz CT molecular complexity index is 643. The summed E-state index contributed by atoms with van der Waals surface area (Å²) >= 11 is 0. The minimum atomic E-state index is -4.80. The normalized spacial score (nSPS) is 26.9. The minimum absolute atomic E-state index is 0.277. The Kier molecular flexibility index (Phi) is 6.82. The molecule has 0 amide bonds. The highest BCUT2D eigenvalue weighted by Crippen LogP contribution is 2.49. The molecule has 0 saturated carbocycles. The van der Waals surface area contributed by atoms with Gasteiger partial charge in [-0.25, -0.2) is 9.59 Å². The van der Waals surface area contributed by atoms with Gasteiger partial charge in [-0.3, -0.25) is 0 Å². The Balaban J connectivity index is 3.62. The Hall–Kier alpha value is -1.14. The van der Waals surface area contributed by atoms with Crippen LogP contribution in [0.1, 0.15) is 40.0 Å². The molecule has 1 aliphatic heterocycles. The van der Waals surface area contributed by atoms with Gasteiger partial charge >= 0.3 is 18.1 Å². The van der Waals surface area contributed by atoms with Gasteiger partial charge in [0.1, 0.15) is 0 Å². The number of alkyl halides is 3. The monoisotopic (exact) mass is 426 g/mol. The summed E-state index contributed by atoms with van der Waals surface area (Å²) < 4.78 is 45.2. The molecule has 1 fully saturated rings. The van der Waals surface area contributed by atoms with Crippen molar-refractivity contribution in [3.8, 4) is 0 Å². The molecule has 2 atom stereocenters. The molecule has 1 heterocycles. The van der Waals surface area contributed by atoms with Gasteiger partial charge in [0.25, 0.3) is 0 Å². The van der Waals surface area contributed by atoms with Crippen molar-refractivity contribution in [2.24, 2.45) is 0 Å². The van der Waals surface area contributed by atoms with Crippen molar-refractivity contribution in [1.29, 1.82) is 0 Å². The van der Waals surface area contributed by atoms with Gasteiger partial charge < -0.3 is 14.6 Å². The summed E-state index contributed by atoms with van der Waals surface area (Å²) in [7, 11) is -4.99. The highest BCUT2D eigenvalue weighted by atomic mass is 29.3. The fourth-order valence-corrected chi connectivity index (χ4v) is 18.0. The number of hydrogen-bond acceptors (Lipinski definition) is 3. The lowest BCUT2D eigenvalue weighted by Crippen LogP contribution is -2.68. The first-order chi connectivity index (χ1) is 12.0. The molecule has 0 aromatic carbocycles. The zero-order chi connectivity index (χ0) is 21.4. The van der Waals surface area contributed by atoms with Crippen molar-refractivity contribution in [2.75, 3.05) is 0 Å². The van der Waals surface area contributed by atoms with Gasteiger partial charge in [0.15, 0.2) is 7.83 Å². The van der Waals surface area contributed by atoms with Crippen LogP contribution in [0.4, 0.5) is 13.2 Å². The third kappa shape index (κ3) is 5.23. The molecular formula is C17H29F3O5Si2. The van der Waals surface area contributed by atoms with E-state index in [4.69, 9.17) is 4.43 Å². The molecule has 0 aliphatic carbocycles. The maximum Gasteiger partial charge on any atom is 0.393 e. The number of hydrogen-bond donors (Lipinski definition) is 2. The lowest BCUT2D eigenvalue weighted by atomic mass is 10.00. The highest BCUT2D eigenvalue weighted by Gasteiger charge is 2.58. The second kappa shape index (κ2) is 7.71. The molecule has 0 aromatic rings. The molecule has 2 N–H and O–H groups in total. The maximum absolute atomic E-state index is 13.0. The van der Waals surface area contributed by atoms with Crippen molar-refractivity contribution in [1.82, 2.24) is 0 Å². The Morgan fingerprint density at radius 2 is 1.67 bits per heavy atom. The van der Waals surface area contributed by atoms with Crippen molar-refractivity contribution in [3.05, 3.63) is 11.1 Å². The molecule has 27 heavy (non-hydrogen) atoms. The number of aliphatic carboxylic acids is 2. The van der Waals surface area contributed by atoms with E-state index in [1.807, 2.05) is 33.5 Å². The first-order valence-corrected chi connectivity index (χ1v) is 15.6.